The first-order valence-corrected chi connectivity index (χ1v) is 5.37. The van der Waals surface area contributed by atoms with Crippen molar-refractivity contribution in [1.82, 2.24) is 4.98 Å². The van der Waals surface area contributed by atoms with Gasteiger partial charge in [0.15, 0.2) is 12.0 Å². The smallest absolute Gasteiger partial charge is 0.228 e. The molecule has 2 aromatic rings. The minimum atomic E-state index is 0.00734. The first-order chi connectivity index (χ1) is 8.28. The minimum absolute atomic E-state index is 0.00734. The molecule has 0 aliphatic carbocycles. The summed E-state index contributed by atoms with van der Waals surface area (Å²) in [6.07, 6.45) is 7.17. The van der Waals surface area contributed by atoms with Crippen LogP contribution in [0.15, 0.2) is 29.0 Å². The Morgan fingerprint density at radius 2 is 2.41 bits per heavy atom. The Kier molecular flexibility index (Phi) is 2.12. The van der Waals surface area contributed by atoms with Crippen LogP contribution in [0.5, 0.6) is 0 Å². The lowest BCUT2D eigenvalue weighted by Crippen LogP contribution is -2.24. The molecular weight excluding hydrogens is 216 g/mol. The van der Waals surface area contributed by atoms with Crippen LogP contribution in [0.4, 0.5) is 5.69 Å². The van der Waals surface area contributed by atoms with Crippen LogP contribution < -0.4 is 4.90 Å². The largest absolute Gasteiger partial charge is 0.443 e. The van der Waals surface area contributed by atoms with Gasteiger partial charge in [-0.25, -0.2) is 4.98 Å². The van der Waals surface area contributed by atoms with Crippen molar-refractivity contribution in [3.05, 3.63) is 24.6 Å². The van der Waals surface area contributed by atoms with E-state index in [-0.39, 0.29) is 11.8 Å². The minimum Gasteiger partial charge on any atom is -0.443 e. The SMILES string of the molecule is C#CC1CC(=O)N(c2ccc3ncoc3c2)C1. The van der Waals surface area contributed by atoms with E-state index >= 15 is 0 Å². The van der Waals surface area contributed by atoms with Gasteiger partial charge < -0.3 is 9.32 Å². The van der Waals surface area contributed by atoms with Crippen LogP contribution in [-0.2, 0) is 4.79 Å². The average Bonchev–Trinajstić information content (AvgIpc) is 2.93. The average molecular weight is 226 g/mol. The molecule has 4 heteroatoms. The molecule has 84 valence electrons. The first kappa shape index (κ1) is 9.91. The van der Waals surface area contributed by atoms with E-state index in [0.717, 1.165) is 11.2 Å². The summed E-state index contributed by atoms with van der Waals surface area (Å²) in [5.41, 5.74) is 2.28. The molecule has 0 N–H and O–H groups in total. The molecule has 1 fully saturated rings. The van der Waals surface area contributed by atoms with Gasteiger partial charge in [0.05, 0.1) is 0 Å². The summed E-state index contributed by atoms with van der Waals surface area (Å²) in [4.78, 5) is 17.5. The molecule has 1 unspecified atom stereocenters. The second-order valence-corrected chi connectivity index (χ2v) is 4.08. The summed E-state index contributed by atoms with van der Waals surface area (Å²) < 4.78 is 5.22. The van der Waals surface area contributed by atoms with Gasteiger partial charge in [0.1, 0.15) is 5.52 Å². The van der Waals surface area contributed by atoms with Crippen LogP contribution in [0.25, 0.3) is 11.1 Å². The second-order valence-electron chi connectivity index (χ2n) is 4.08. The first-order valence-electron chi connectivity index (χ1n) is 5.37. The molecule has 1 amide bonds. The van der Waals surface area contributed by atoms with E-state index in [1.807, 2.05) is 18.2 Å². The Labute approximate surface area is 98.2 Å². The number of carbonyl (C=O) groups is 1. The predicted octanol–water partition coefficient (Wildman–Crippen LogP) is 1.81. The molecule has 0 radical (unpaired) electrons. The zero-order valence-electron chi connectivity index (χ0n) is 9.09. The molecule has 1 aliphatic rings. The summed E-state index contributed by atoms with van der Waals surface area (Å²) in [5, 5.41) is 0. The van der Waals surface area contributed by atoms with Crippen molar-refractivity contribution in [3.8, 4) is 12.3 Å². The number of terminal acetylenes is 1. The predicted molar refractivity (Wildman–Crippen MR) is 63.3 cm³/mol. The Balaban J connectivity index is 1.98. The van der Waals surface area contributed by atoms with Gasteiger partial charge in [-0.3, -0.25) is 4.79 Å². The van der Waals surface area contributed by atoms with E-state index < -0.39 is 0 Å². The molecule has 4 nitrogen and oxygen atoms in total. The van der Waals surface area contributed by atoms with Gasteiger partial charge >= 0.3 is 0 Å². The number of carbonyl (C=O) groups excluding carboxylic acids is 1. The zero-order valence-corrected chi connectivity index (χ0v) is 9.09. The van der Waals surface area contributed by atoms with E-state index in [1.165, 1.54) is 6.39 Å². The van der Waals surface area contributed by atoms with Crippen LogP contribution in [0, 0.1) is 18.3 Å². The maximum Gasteiger partial charge on any atom is 0.228 e. The van der Waals surface area contributed by atoms with Crippen LogP contribution in [0.1, 0.15) is 6.42 Å². The third-order valence-corrected chi connectivity index (χ3v) is 2.99. The molecule has 1 aromatic carbocycles. The second kappa shape index (κ2) is 3.63. The highest BCUT2D eigenvalue weighted by Crippen LogP contribution is 2.27. The third kappa shape index (κ3) is 1.56. The van der Waals surface area contributed by atoms with Crippen molar-refractivity contribution < 1.29 is 9.21 Å². The Morgan fingerprint density at radius 3 is 3.18 bits per heavy atom. The number of amides is 1. The van der Waals surface area contributed by atoms with Gasteiger partial charge in [-0.05, 0) is 12.1 Å². The van der Waals surface area contributed by atoms with E-state index in [2.05, 4.69) is 10.9 Å². The summed E-state index contributed by atoms with van der Waals surface area (Å²) >= 11 is 0. The molecule has 0 spiro atoms. The number of nitrogens with zero attached hydrogens (tertiary/aromatic N) is 2. The van der Waals surface area contributed by atoms with Gasteiger partial charge in [0.25, 0.3) is 0 Å². The molecule has 1 atom stereocenters. The fourth-order valence-electron chi connectivity index (χ4n) is 2.08. The highest BCUT2D eigenvalue weighted by atomic mass is 16.3. The van der Waals surface area contributed by atoms with Crippen LogP contribution in [0.3, 0.4) is 0 Å². The molecule has 0 saturated carbocycles. The lowest BCUT2D eigenvalue weighted by atomic mass is 10.1. The van der Waals surface area contributed by atoms with Gasteiger partial charge in [-0.15, -0.1) is 12.3 Å². The lowest BCUT2D eigenvalue weighted by Gasteiger charge is -2.15. The number of hydrogen-bond acceptors (Lipinski definition) is 3. The van der Waals surface area contributed by atoms with Crippen molar-refractivity contribution in [1.29, 1.82) is 0 Å². The summed E-state index contributed by atoms with van der Waals surface area (Å²) in [5.74, 6) is 2.70. The lowest BCUT2D eigenvalue weighted by molar-refractivity contribution is -0.117. The molecule has 2 heterocycles. The van der Waals surface area contributed by atoms with Gasteiger partial charge in [-0.2, -0.15) is 0 Å². The highest BCUT2D eigenvalue weighted by molar-refractivity contribution is 5.97. The molecule has 1 saturated heterocycles. The summed E-state index contributed by atoms with van der Waals surface area (Å²) in [7, 11) is 0. The fourth-order valence-corrected chi connectivity index (χ4v) is 2.08. The quantitative estimate of drug-likeness (QED) is 0.697. The maximum atomic E-state index is 11.8. The van der Waals surface area contributed by atoms with Gasteiger partial charge in [0, 0.05) is 30.6 Å². The molecule has 3 rings (SSSR count). The van der Waals surface area contributed by atoms with Crippen molar-refractivity contribution in [2.24, 2.45) is 5.92 Å². The molecular formula is C13H10N2O2. The summed E-state index contributed by atoms with van der Waals surface area (Å²) in [6.45, 7) is 0.578. The highest BCUT2D eigenvalue weighted by Gasteiger charge is 2.29. The number of rotatable bonds is 1. The Hall–Kier alpha value is -2.28. The molecule has 1 aromatic heterocycles. The van der Waals surface area contributed by atoms with Crippen molar-refractivity contribution in [2.45, 2.75) is 6.42 Å². The van der Waals surface area contributed by atoms with Crippen LogP contribution in [0.2, 0.25) is 0 Å². The van der Waals surface area contributed by atoms with Crippen LogP contribution >= 0.6 is 0 Å². The zero-order chi connectivity index (χ0) is 11.8. The number of fused-ring (bicyclic) bond motifs is 1. The number of hydrogen-bond donors (Lipinski definition) is 0. The van der Waals surface area contributed by atoms with E-state index in [9.17, 15) is 4.79 Å². The van der Waals surface area contributed by atoms with Gasteiger partial charge in [0.2, 0.25) is 5.91 Å². The number of anilines is 1. The van der Waals surface area contributed by atoms with Crippen LogP contribution in [-0.4, -0.2) is 17.4 Å². The maximum absolute atomic E-state index is 11.8. The van der Waals surface area contributed by atoms with Crippen molar-refractivity contribution in [2.75, 3.05) is 11.4 Å². The Bertz CT molecular complexity index is 624. The topological polar surface area (TPSA) is 46.3 Å². The molecule has 1 aliphatic heterocycles. The Morgan fingerprint density at radius 1 is 1.53 bits per heavy atom. The van der Waals surface area contributed by atoms with E-state index in [4.69, 9.17) is 10.8 Å². The number of benzene rings is 1. The molecule has 17 heavy (non-hydrogen) atoms. The normalized spacial score (nSPS) is 19.8. The van der Waals surface area contributed by atoms with Crippen molar-refractivity contribution in [3.63, 3.8) is 0 Å². The van der Waals surface area contributed by atoms with E-state index in [0.29, 0.717) is 18.5 Å². The summed E-state index contributed by atoms with van der Waals surface area (Å²) in [6, 6.07) is 5.52. The third-order valence-electron chi connectivity index (χ3n) is 2.99. The van der Waals surface area contributed by atoms with Crippen molar-refractivity contribution >= 4 is 22.7 Å². The number of oxazole rings is 1. The molecule has 0 bridgehead atoms. The number of aromatic nitrogens is 1. The van der Waals surface area contributed by atoms with Gasteiger partial charge in [-0.1, -0.05) is 0 Å². The monoisotopic (exact) mass is 226 g/mol. The fraction of sp³-hybridized carbons (Fsp3) is 0.231. The van der Waals surface area contributed by atoms with E-state index in [1.54, 1.807) is 4.90 Å². The standard InChI is InChI=1S/C13H10N2O2/c1-2-9-5-13(16)15(7-9)10-3-4-11-12(6-10)17-8-14-11/h1,3-4,6,8-9H,5,7H2.